The number of methoxy groups -OCH3 is 1. The summed E-state index contributed by atoms with van der Waals surface area (Å²) in [5.41, 5.74) is -0.153. The van der Waals surface area contributed by atoms with Crippen LogP contribution >= 0.6 is 11.8 Å². The molecule has 0 heterocycles. The summed E-state index contributed by atoms with van der Waals surface area (Å²) in [4.78, 5) is 22.6. The van der Waals surface area contributed by atoms with Gasteiger partial charge in [0.2, 0.25) is 15.9 Å². The van der Waals surface area contributed by atoms with Crippen LogP contribution < -0.4 is 14.4 Å². The third-order valence-corrected chi connectivity index (χ3v) is 7.45. The molecule has 168 valence electrons. The van der Waals surface area contributed by atoms with Crippen molar-refractivity contribution in [1.82, 2.24) is 5.32 Å². The van der Waals surface area contributed by atoms with E-state index in [9.17, 15) is 23.3 Å². The molecule has 9 nitrogen and oxygen atoms in total. The molecule has 0 unspecified atom stereocenters. The third kappa shape index (κ3) is 7.35. The van der Waals surface area contributed by atoms with E-state index in [1.165, 1.54) is 51.0 Å². The molecule has 1 aromatic rings. The molecule has 1 aliphatic carbocycles. The molecule has 0 bridgehead atoms. The molecule has 0 saturated heterocycles. The lowest BCUT2D eigenvalue weighted by Crippen LogP contribution is -2.33. The van der Waals surface area contributed by atoms with Gasteiger partial charge in [0.05, 0.1) is 18.3 Å². The lowest BCUT2D eigenvalue weighted by Gasteiger charge is -2.24. The molecule has 0 aliphatic heterocycles. The Morgan fingerprint density at radius 2 is 2.07 bits per heavy atom. The second-order valence-corrected chi connectivity index (χ2v) is 10.5. The Labute approximate surface area is 181 Å². The monoisotopic (exact) mass is 459 g/mol. The number of hydrogen-bond donors (Lipinski definition) is 1. The highest BCUT2D eigenvalue weighted by atomic mass is 32.2. The van der Waals surface area contributed by atoms with E-state index in [2.05, 4.69) is 5.32 Å². The number of hydrogen-bond acceptors (Lipinski definition) is 7. The van der Waals surface area contributed by atoms with Crippen molar-refractivity contribution in [3.63, 3.8) is 0 Å². The van der Waals surface area contributed by atoms with Gasteiger partial charge in [-0.15, -0.1) is 0 Å². The summed E-state index contributed by atoms with van der Waals surface area (Å²) < 4.78 is 30.8. The number of carbonyl (C=O) groups excluding carboxylic acids is 1. The number of nitrogens with zero attached hydrogens (tertiary/aromatic N) is 2. The maximum absolute atomic E-state index is 12.3. The van der Waals surface area contributed by atoms with Gasteiger partial charge in [-0.2, -0.15) is 11.8 Å². The van der Waals surface area contributed by atoms with E-state index in [0.717, 1.165) is 16.3 Å². The van der Waals surface area contributed by atoms with Gasteiger partial charge in [-0.05, 0) is 25.3 Å². The number of sulfonamides is 1. The van der Waals surface area contributed by atoms with Crippen molar-refractivity contribution < 1.29 is 22.9 Å². The van der Waals surface area contributed by atoms with Crippen LogP contribution in [0.1, 0.15) is 38.5 Å². The van der Waals surface area contributed by atoms with E-state index >= 15 is 0 Å². The Kier molecular flexibility index (Phi) is 9.22. The van der Waals surface area contributed by atoms with Crippen LogP contribution in [0.5, 0.6) is 5.75 Å². The van der Waals surface area contributed by atoms with Gasteiger partial charge in [-0.25, -0.2) is 8.42 Å². The van der Waals surface area contributed by atoms with Crippen LogP contribution in [0, 0.1) is 10.1 Å². The number of nitro benzene ring substituents is 1. The number of anilines is 1. The predicted octanol–water partition coefficient (Wildman–Crippen LogP) is 2.94. The van der Waals surface area contributed by atoms with E-state index in [4.69, 9.17) is 4.74 Å². The van der Waals surface area contributed by atoms with Gasteiger partial charge < -0.3 is 10.1 Å². The fourth-order valence-electron chi connectivity index (χ4n) is 3.39. The number of benzene rings is 1. The number of amides is 1. The summed E-state index contributed by atoms with van der Waals surface area (Å²) in [6.07, 6.45) is 6.54. The van der Waals surface area contributed by atoms with Crippen LogP contribution in [-0.2, 0) is 14.8 Å². The molecular weight excluding hydrogens is 430 g/mol. The van der Waals surface area contributed by atoms with Crippen LogP contribution in [0.2, 0.25) is 0 Å². The summed E-state index contributed by atoms with van der Waals surface area (Å²) in [7, 11) is -2.36. The Balaban J connectivity index is 1.90. The van der Waals surface area contributed by atoms with Crippen molar-refractivity contribution in [2.75, 3.05) is 36.5 Å². The zero-order valence-corrected chi connectivity index (χ0v) is 19.0. The van der Waals surface area contributed by atoms with Crippen molar-refractivity contribution in [2.24, 2.45) is 0 Å². The molecule has 0 atom stereocenters. The molecule has 1 N–H and O–H groups in total. The molecule has 30 heavy (non-hydrogen) atoms. The highest BCUT2D eigenvalue weighted by Gasteiger charge is 2.24. The number of rotatable bonds is 12. The minimum absolute atomic E-state index is 0.0145. The van der Waals surface area contributed by atoms with Crippen LogP contribution in [0.25, 0.3) is 0 Å². The van der Waals surface area contributed by atoms with Gasteiger partial charge in [0.25, 0.3) is 5.69 Å². The van der Waals surface area contributed by atoms with Crippen LogP contribution in [0.15, 0.2) is 18.2 Å². The highest BCUT2D eigenvalue weighted by molar-refractivity contribution is 7.99. The number of nitro groups is 1. The fourth-order valence-corrected chi connectivity index (χ4v) is 5.58. The van der Waals surface area contributed by atoms with E-state index < -0.39 is 14.9 Å². The largest absolute Gasteiger partial charge is 0.495 e. The SMILES string of the molecule is COc1ccc([N+](=O)[O-])cc1N(CCCC(=O)NCCSC1CCCC1)S(C)(=O)=O. The number of non-ortho nitro benzene ring substituents is 1. The molecule has 0 aromatic heterocycles. The van der Waals surface area contributed by atoms with E-state index in [0.29, 0.717) is 11.8 Å². The van der Waals surface area contributed by atoms with Gasteiger partial charge in [0.15, 0.2) is 0 Å². The minimum atomic E-state index is -3.73. The molecule has 0 spiro atoms. The lowest BCUT2D eigenvalue weighted by atomic mass is 10.2. The quantitative estimate of drug-likeness (QED) is 0.290. The first kappa shape index (κ1) is 24.3. The second kappa shape index (κ2) is 11.4. The molecule has 11 heteroatoms. The van der Waals surface area contributed by atoms with Gasteiger partial charge >= 0.3 is 0 Å². The number of thioether (sulfide) groups is 1. The number of ether oxygens (including phenoxy) is 1. The molecule has 1 aliphatic rings. The number of carbonyl (C=O) groups is 1. The average molecular weight is 460 g/mol. The topological polar surface area (TPSA) is 119 Å². The molecule has 0 radical (unpaired) electrons. The first-order valence-electron chi connectivity index (χ1n) is 9.91. The smallest absolute Gasteiger partial charge is 0.271 e. The lowest BCUT2D eigenvalue weighted by molar-refractivity contribution is -0.384. The van der Waals surface area contributed by atoms with Crippen molar-refractivity contribution in [3.05, 3.63) is 28.3 Å². The number of nitrogens with one attached hydrogen (secondary N) is 1. The summed E-state index contributed by atoms with van der Waals surface area (Å²) >= 11 is 1.89. The highest BCUT2D eigenvalue weighted by Crippen LogP contribution is 2.34. The second-order valence-electron chi connectivity index (χ2n) is 7.18. The third-order valence-electron chi connectivity index (χ3n) is 4.89. The van der Waals surface area contributed by atoms with Crippen molar-refractivity contribution in [3.8, 4) is 5.75 Å². The molecular formula is C19H29N3O6S2. The Morgan fingerprint density at radius 3 is 2.67 bits per heavy atom. The van der Waals surface area contributed by atoms with E-state index in [-0.39, 0.29) is 42.4 Å². The van der Waals surface area contributed by atoms with Crippen LogP contribution in [0.3, 0.4) is 0 Å². The first-order valence-corrected chi connectivity index (χ1v) is 12.8. The maximum Gasteiger partial charge on any atom is 0.271 e. The van der Waals surface area contributed by atoms with Crippen molar-refractivity contribution in [1.29, 1.82) is 0 Å². The van der Waals surface area contributed by atoms with Gasteiger partial charge in [-0.1, -0.05) is 12.8 Å². The predicted molar refractivity (Wildman–Crippen MR) is 119 cm³/mol. The normalized spacial score (nSPS) is 14.5. The van der Waals surface area contributed by atoms with Gasteiger partial charge in [-0.3, -0.25) is 19.2 Å². The zero-order chi connectivity index (χ0) is 22.1. The van der Waals surface area contributed by atoms with Gasteiger partial charge in [0.1, 0.15) is 11.4 Å². The zero-order valence-electron chi connectivity index (χ0n) is 17.3. The molecule has 2 rings (SSSR count). The molecule has 1 saturated carbocycles. The van der Waals surface area contributed by atoms with Crippen molar-refractivity contribution in [2.45, 2.75) is 43.8 Å². The summed E-state index contributed by atoms with van der Waals surface area (Å²) in [5, 5.41) is 14.6. The molecule has 1 amide bonds. The Morgan fingerprint density at radius 1 is 1.37 bits per heavy atom. The summed E-state index contributed by atoms with van der Waals surface area (Å²) in [6.45, 7) is 0.606. The van der Waals surface area contributed by atoms with Crippen LogP contribution in [-0.4, -0.2) is 56.7 Å². The van der Waals surface area contributed by atoms with Crippen LogP contribution in [0.4, 0.5) is 11.4 Å². The Hall–Kier alpha value is -2.01. The summed E-state index contributed by atoms with van der Waals surface area (Å²) in [5.74, 6) is 0.942. The maximum atomic E-state index is 12.3. The fraction of sp³-hybridized carbons (Fsp3) is 0.632. The van der Waals surface area contributed by atoms with Gasteiger partial charge in [0, 0.05) is 42.6 Å². The summed E-state index contributed by atoms with van der Waals surface area (Å²) in [6, 6.07) is 3.78. The minimum Gasteiger partial charge on any atom is -0.495 e. The molecule has 1 aromatic carbocycles. The molecule has 1 fully saturated rings. The first-order chi connectivity index (χ1) is 14.2. The van der Waals surface area contributed by atoms with E-state index in [1.54, 1.807) is 0 Å². The average Bonchev–Trinajstić information content (AvgIpc) is 3.20. The Bertz CT molecular complexity index is 841. The standard InChI is InChI=1S/C19H29N3O6S2/c1-28-18-10-9-15(22(24)25)14-17(18)21(30(2,26)27)12-5-8-19(23)20-11-13-29-16-6-3-4-7-16/h9-10,14,16H,3-8,11-13H2,1-2H3,(H,20,23). The van der Waals surface area contributed by atoms with Crippen molar-refractivity contribution >= 4 is 39.1 Å². The van der Waals surface area contributed by atoms with E-state index in [1.807, 2.05) is 11.8 Å².